The number of benzene rings is 2. The molecule has 1 aliphatic carbocycles. The van der Waals surface area contributed by atoms with E-state index < -0.39 is 0 Å². The molecule has 154 valence electrons. The Labute approximate surface area is 174 Å². The van der Waals surface area contributed by atoms with Gasteiger partial charge in [-0.3, -0.25) is 4.79 Å². The van der Waals surface area contributed by atoms with Crippen molar-refractivity contribution in [1.29, 1.82) is 0 Å². The highest BCUT2D eigenvalue weighted by Crippen LogP contribution is 2.42. The average molecular weight is 405 g/mol. The molecule has 1 fully saturated rings. The van der Waals surface area contributed by atoms with Gasteiger partial charge in [0, 0.05) is 31.0 Å². The van der Waals surface area contributed by atoms with Crippen molar-refractivity contribution in [3.8, 4) is 5.75 Å². The molecule has 0 bridgehead atoms. The Bertz CT molecular complexity index is 1160. The number of carbonyl (C=O) groups is 1. The minimum absolute atomic E-state index is 0.102. The van der Waals surface area contributed by atoms with Crippen molar-refractivity contribution in [3.63, 3.8) is 0 Å². The second kappa shape index (κ2) is 6.49. The SMILES string of the molecule is CN1c2ccc(F)cc2C(=O)N2CCn3c(cc4cc(OC5CCCC5)ccc43)C21. The minimum Gasteiger partial charge on any atom is -0.490 e. The van der Waals surface area contributed by atoms with Crippen molar-refractivity contribution in [2.45, 2.75) is 44.5 Å². The Hall–Kier alpha value is -3.02. The van der Waals surface area contributed by atoms with Gasteiger partial charge >= 0.3 is 0 Å². The van der Waals surface area contributed by atoms with E-state index in [2.05, 4.69) is 33.7 Å². The minimum atomic E-state index is -0.380. The van der Waals surface area contributed by atoms with Gasteiger partial charge in [0.15, 0.2) is 0 Å². The third-order valence-corrected chi connectivity index (χ3v) is 6.83. The summed E-state index contributed by atoms with van der Waals surface area (Å²) < 4.78 is 22.3. The summed E-state index contributed by atoms with van der Waals surface area (Å²) in [6.07, 6.45) is 4.89. The molecule has 2 aliphatic heterocycles. The van der Waals surface area contributed by atoms with E-state index in [1.807, 2.05) is 11.9 Å². The zero-order valence-electron chi connectivity index (χ0n) is 17.0. The molecule has 1 aromatic heterocycles. The molecule has 30 heavy (non-hydrogen) atoms. The molecule has 6 rings (SSSR count). The lowest BCUT2D eigenvalue weighted by atomic mass is 10.0. The van der Waals surface area contributed by atoms with Gasteiger partial charge in [0.1, 0.15) is 17.7 Å². The summed E-state index contributed by atoms with van der Waals surface area (Å²) in [4.78, 5) is 17.1. The van der Waals surface area contributed by atoms with E-state index in [4.69, 9.17) is 4.74 Å². The van der Waals surface area contributed by atoms with Gasteiger partial charge in [-0.05, 0) is 68.1 Å². The van der Waals surface area contributed by atoms with Crippen LogP contribution in [0.15, 0.2) is 42.5 Å². The second-order valence-electron chi connectivity index (χ2n) is 8.61. The number of hydrogen-bond acceptors (Lipinski definition) is 3. The van der Waals surface area contributed by atoms with E-state index in [1.165, 1.54) is 25.0 Å². The smallest absolute Gasteiger partial charge is 0.258 e. The zero-order valence-corrected chi connectivity index (χ0v) is 17.0. The molecule has 3 aliphatic rings. The zero-order chi connectivity index (χ0) is 20.4. The summed E-state index contributed by atoms with van der Waals surface area (Å²) in [5.74, 6) is 0.437. The first-order valence-corrected chi connectivity index (χ1v) is 10.7. The van der Waals surface area contributed by atoms with Crippen LogP contribution < -0.4 is 9.64 Å². The molecule has 3 heterocycles. The van der Waals surface area contributed by atoms with Crippen LogP contribution in [0.5, 0.6) is 5.75 Å². The van der Waals surface area contributed by atoms with Crippen LogP contribution in [0.25, 0.3) is 10.9 Å². The fourth-order valence-corrected chi connectivity index (χ4v) is 5.39. The van der Waals surface area contributed by atoms with E-state index in [0.29, 0.717) is 18.2 Å². The normalized spacial score (nSPS) is 21.0. The maximum absolute atomic E-state index is 13.8. The predicted molar refractivity (Wildman–Crippen MR) is 113 cm³/mol. The lowest BCUT2D eigenvalue weighted by Gasteiger charge is -2.46. The Kier molecular flexibility index (Phi) is 3.85. The van der Waals surface area contributed by atoms with E-state index in [0.717, 1.165) is 47.4 Å². The summed E-state index contributed by atoms with van der Waals surface area (Å²) in [6, 6.07) is 13.0. The first-order valence-electron chi connectivity index (χ1n) is 10.7. The lowest BCUT2D eigenvalue weighted by Crippen LogP contribution is -2.52. The molecule has 1 atom stereocenters. The van der Waals surface area contributed by atoms with Crippen LogP contribution in [-0.4, -0.2) is 35.1 Å². The number of aromatic nitrogens is 1. The topological polar surface area (TPSA) is 37.7 Å². The molecular formula is C24H24FN3O2. The molecule has 3 aromatic rings. The Balaban J connectivity index is 1.42. The van der Waals surface area contributed by atoms with E-state index >= 15 is 0 Å². The summed E-state index contributed by atoms with van der Waals surface area (Å²) in [7, 11) is 1.98. The van der Waals surface area contributed by atoms with Gasteiger partial charge in [-0.2, -0.15) is 0 Å². The highest BCUT2D eigenvalue weighted by Gasteiger charge is 2.41. The highest BCUT2D eigenvalue weighted by molar-refractivity contribution is 6.02. The Morgan fingerprint density at radius 1 is 1.03 bits per heavy atom. The highest BCUT2D eigenvalue weighted by atomic mass is 19.1. The lowest BCUT2D eigenvalue weighted by molar-refractivity contribution is 0.0601. The van der Waals surface area contributed by atoms with Crippen molar-refractivity contribution >= 4 is 22.5 Å². The van der Waals surface area contributed by atoms with E-state index in [1.54, 1.807) is 6.07 Å². The van der Waals surface area contributed by atoms with Crippen molar-refractivity contribution < 1.29 is 13.9 Å². The average Bonchev–Trinajstić information content (AvgIpc) is 3.38. The van der Waals surface area contributed by atoms with Crippen molar-refractivity contribution in [3.05, 3.63) is 59.5 Å². The number of halogens is 1. The quantitative estimate of drug-likeness (QED) is 0.620. The van der Waals surface area contributed by atoms with Crippen LogP contribution in [0.2, 0.25) is 0 Å². The van der Waals surface area contributed by atoms with Crippen LogP contribution in [0.1, 0.15) is 47.9 Å². The fourth-order valence-electron chi connectivity index (χ4n) is 5.39. The number of ether oxygens (including phenoxy) is 1. The van der Waals surface area contributed by atoms with Crippen molar-refractivity contribution in [2.24, 2.45) is 0 Å². The monoisotopic (exact) mass is 405 g/mol. The number of fused-ring (bicyclic) bond motifs is 6. The van der Waals surface area contributed by atoms with Gasteiger partial charge in [-0.25, -0.2) is 4.39 Å². The first-order chi connectivity index (χ1) is 14.6. The summed E-state index contributed by atoms with van der Waals surface area (Å²) in [5, 5.41) is 1.13. The number of anilines is 1. The van der Waals surface area contributed by atoms with Crippen molar-refractivity contribution in [1.82, 2.24) is 9.47 Å². The molecule has 5 nitrogen and oxygen atoms in total. The second-order valence-corrected chi connectivity index (χ2v) is 8.61. The maximum Gasteiger partial charge on any atom is 0.258 e. The standard InChI is InChI=1S/C24H24FN3O2/c1-26-21-8-6-16(25)14-19(21)24(29)28-11-10-27-20-9-7-18(30-17-4-2-3-5-17)12-15(20)13-22(27)23(26)28/h6-9,12-14,17,23H,2-5,10-11H2,1H3. The number of rotatable bonds is 2. The number of amides is 1. The summed E-state index contributed by atoms with van der Waals surface area (Å²) in [5.41, 5.74) is 3.45. The first kappa shape index (κ1) is 17.8. The predicted octanol–water partition coefficient (Wildman–Crippen LogP) is 4.71. The molecule has 0 saturated heterocycles. The largest absolute Gasteiger partial charge is 0.490 e. The summed E-state index contributed by atoms with van der Waals surface area (Å²) >= 11 is 0. The van der Waals surface area contributed by atoms with Crippen LogP contribution in [0, 0.1) is 5.82 Å². The van der Waals surface area contributed by atoms with Gasteiger partial charge < -0.3 is 19.1 Å². The Morgan fingerprint density at radius 2 is 1.87 bits per heavy atom. The van der Waals surface area contributed by atoms with E-state index in [-0.39, 0.29) is 17.9 Å². The van der Waals surface area contributed by atoms with Crippen LogP contribution in [0.3, 0.4) is 0 Å². The third-order valence-electron chi connectivity index (χ3n) is 6.83. The van der Waals surface area contributed by atoms with Gasteiger partial charge in [0.05, 0.1) is 23.0 Å². The number of nitrogens with zero attached hydrogens (tertiary/aromatic N) is 3. The van der Waals surface area contributed by atoms with E-state index in [9.17, 15) is 9.18 Å². The maximum atomic E-state index is 13.8. The molecule has 1 unspecified atom stereocenters. The molecular weight excluding hydrogens is 381 g/mol. The molecule has 0 spiro atoms. The van der Waals surface area contributed by atoms with Crippen LogP contribution in [-0.2, 0) is 6.54 Å². The van der Waals surface area contributed by atoms with Crippen LogP contribution in [0.4, 0.5) is 10.1 Å². The van der Waals surface area contributed by atoms with Crippen molar-refractivity contribution in [2.75, 3.05) is 18.5 Å². The van der Waals surface area contributed by atoms with Gasteiger partial charge in [0.2, 0.25) is 0 Å². The molecule has 0 radical (unpaired) electrons. The van der Waals surface area contributed by atoms with Gasteiger partial charge in [-0.1, -0.05) is 0 Å². The molecule has 6 heteroatoms. The third kappa shape index (κ3) is 2.56. The summed E-state index contributed by atoms with van der Waals surface area (Å²) in [6.45, 7) is 1.32. The molecule has 1 saturated carbocycles. The van der Waals surface area contributed by atoms with Gasteiger partial charge in [0.25, 0.3) is 5.91 Å². The van der Waals surface area contributed by atoms with Gasteiger partial charge in [-0.15, -0.1) is 0 Å². The Morgan fingerprint density at radius 3 is 2.70 bits per heavy atom. The number of hydrogen-bond donors (Lipinski definition) is 0. The molecule has 1 amide bonds. The molecule has 2 aromatic carbocycles. The fraction of sp³-hybridized carbons (Fsp3) is 0.375. The number of carbonyl (C=O) groups excluding carboxylic acids is 1. The van der Waals surface area contributed by atoms with Crippen LogP contribution >= 0.6 is 0 Å². The molecule has 0 N–H and O–H groups in total.